The van der Waals surface area contributed by atoms with E-state index in [0.717, 1.165) is 0 Å². The van der Waals surface area contributed by atoms with Crippen molar-refractivity contribution in [3.05, 3.63) is 39.9 Å². The minimum atomic E-state index is -0.485. The summed E-state index contributed by atoms with van der Waals surface area (Å²) in [6, 6.07) is 6.03. The van der Waals surface area contributed by atoms with Gasteiger partial charge in [0, 0.05) is 25.2 Å². The molecule has 0 aromatic heterocycles. The number of nitro groups is 1. The molecule has 0 saturated carbocycles. The summed E-state index contributed by atoms with van der Waals surface area (Å²) >= 11 is 0. The molecule has 17 heavy (non-hydrogen) atoms. The van der Waals surface area contributed by atoms with Gasteiger partial charge in [0.25, 0.3) is 5.69 Å². The zero-order valence-corrected chi connectivity index (χ0v) is 9.07. The molecule has 1 aromatic carbocycles. The largest absolute Gasteiger partial charge is 0.389 e. The van der Waals surface area contributed by atoms with Crippen LogP contribution in [0.3, 0.4) is 0 Å². The molecule has 0 bridgehead atoms. The number of carbonyl (C=O) groups excluding carboxylic acids is 1. The Labute approximate surface area is 97.6 Å². The van der Waals surface area contributed by atoms with Crippen molar-refractivity contribution < 1.29 is 14.8 Å². The van der Waals surface area contributed by atoms with Crippen LogP contribution in [0.4, 0.5) is 5.69 Å². The maximum absolute atomic E-state index is 11.7. The predicted molar refractivity (Wildman–Crippen MR) is 59.4 cm³/mol. The number of nitro benzene ring substituents is 1. The van der Waals surface area contributed by atoms with Gasteiger partial charge in [0.2, 0.25) is 5.91 Å². The Morgan fingerprint density at radius 1 is 1.53 bits per heavy atom. The van der Waals surface area contributed by atoms with E-state index in [2.05, 4.69) is 0 Å². The lowest BCUT2D eigenvalue weighted by molar-refractivity contribution is -0.384. The van der Waals surface area contributed by atoms with Gasteiger partial charge in [-0.25, -0.2) is 0 Å². The number of hydrogen-bond donors (Lipinski definition) is 1. The second-order valence-electron chi connectivity index (χ2n) is 4.06. The molecule has 1 aliphatic heterocycles. The van der Waals surface area contributed by atoms with E-state index in [1.165, 1.54) is 17.0 Å². The molecule has 6 heteroatoms. The van der Waals surface area contributed by atoms with E-state index >= 15 is 0 Å². The highest BCUT2D eigenvalue weighted by Gasteiger charge is 2.28. The van der Waals surface area contributed by atoms with E-state index in [0.29, 0.717) is 18.7 Å². The summed E-state index contributed by atoms with van der Waals surface area (Å²) in [6.07, 6.45) is -0.293. The molecule has 1 amide bonds. The molecule has 1 fully saturated rings. The van der Waals surface area contributed by atoms with Crippen molar-refractivity contribution in [2.24, 2.45) is 0 Å². The number of β-amino-alcohol motifs (C(OH)–C–C–N with tert-alkyl or cyclic N) is 1. The number of hydrogen-bond acceptors (Lipinski definition) is 4. The van der Waals surface area contributed by atoms with Crippen LogP contribution in [-0.4, -0.2) is 40.0 Å². The van der Waals surface area contributed by atoms with Crippen molar-refractivity contribution >= 4 is 11.6 Å². The van der Waals surface area contributed by atoms with Gasteiger partial charge < -0.3 is 10.0 Å². The first-order valence-electron chi connectivity index (χ1n) is 5.25. The lowest BCUT2D eigenvalue weighted by Gasteiger charge is -2.35. The molecule has 90 valence electrons. The molecule has 2 rings (SSSR count). The summed E-state index contributed by atoms with van der Waals surface area (Å²) in [7, 11) is 0. The number of nitrogens with zero attached hydrogens (tertiary/aromatic N) is 2. The summed E-state index contributed by atoms with van der Waals surface area (Å²) in [5, 5.41) is 19.6. The van der Waals surface area contributed by atoms with Crippen molar-refractivity contribution in [3.63, 3.8) is 0 Å². The van der Waals surface area contributed by atoms with Crippen LogP contribution >= 0.6 is 0 Å². The van der Waals surface area contributed by atoms with Crippen molar-refractivity contribution in [2.75, 3.05) is 13.1 Å². The van der Waals surface area contributed by atoms with E-state index in [-0.39, 0.29) is 18.0 Å². The molecule has 1 heterocycles. The lowest BCUT2D eigenvalue weighted by Crippen LogP contribution is -2.53. The van der Waals surface area contributed by atoms with Crippen molar-refractivity contribution in [3.8, 4) is 0 Å². The lowest BCUT2D eigenvalue weighted by atomic mass is 10.1. The summed E-state index contributed by atoms with van der Waals surface area (Å²) in [4.78, 5) is 23.3. The van der Waals surface area contributed by atoms with Gasteiger partial charge in [-0.3, -0.25) is 14.9 Å². The third-order valence-corrected chi connectivity index (χ3v) is 2.69. The topological polar surface area (TPSA) is 83.7 Å². The quantitative estimate of drug-likeness (QED) is 0.606. The zero-order chi connectivity index (χ0) is 12.4. The molecule has 0 spiro atoms. The molecule has 0 atom stereocenters. The third kappa shape index (κ3) is 2.59. The Morgan fingerprint density at radius 3 is 2.82 bits per heavy atom. The van der Waals surface area contributed by atoms with E-state index in [4.69, 9.17) is 5.11 Å². The smallest absolute Gasteiger partial charge is 0.269 e. The first kappa shape index (κ1) is 11.5. The first-order valence-corrected chi connectivity index (χ1v) is 5.25. The van der Waals surface area contributed by atoms with Crippen molar-refractivity contribution in [2.45, 2.75) is 12.5 Å². The van der Waals surface area contributed by atoms with Gasteiger partial charge in [0.15, 0.2) is 0 Å². The molecule has 0 aliphatic carbocycles. The summed E-state index contributed by atoms with van der Waals surface area (Å²) in [6.45, 7) is 0.710. The normalized spacial score (nSPS) is 15.5. The number of non-ortho nitro benzene ring substituents is 1. The fourth-order valence-corrected chi connectivity index (χ4v) is 1.73. The highest BCUT2D eigenvalue weighted by atomic mass is 16.6. The monoisotopic (exact) mass is 236 g/mol. The number of aliphatic hydroxyl groups excluding tert-OH is 1. The summed E-state index contributed by atoms with van der Waals surface area (Å²) < 4.78 is 0. The molecule has 1 N–H and O–H groups in total. The van der Waals surface area contributed by atoms with E-state index in [1.807, 2.05) is 0 Å². The van der Waals surface area contributed by atoms with Gasteiger partial charge >= 0.3 is 0 Å². The van der Waals surface area contributed by atoms with E-state index in [1.54, 1.807) is 12.1 Å². The third-order valence-electron chi connectivity index (χ3n) is 2.69. The number of amides is 1. The Balaban J connectivity index is 2.01. The van der Waals surface area contributed by atoms with Crippen LogP contribution in [0.2, 0.25) is 0 Å². The molecule has 6 nitrogen and oxygen atoms in total. The SMILES string of the molecule is O=C(Cc1cccc([N+](=O)[O-])c1)N1CC(O)C1. The average molecular weight is 236 g/mol. The van der Waals surface area contributed by atoms with E-state index < -0.39 is 11.0 Å². The minimum absolute atomic E-state index is 0.0149. The Bertz CT molecular complexity index is 455. The highest BCUT2D eigenvalue weighted by molar-refractivity contribution is 5.79. The molecule has 1 aliphatic rings. The van der Waals surface area contributed by atoms with Gasteiger partial charge in [0.05, 0.1) is 17.4 Å². The summed E-state index contributed by atoms with van der Waals surface area (Å²) in [5.74, 6) is -0.115. The van der Waals surface area contributed by atoms with Gasteiger partial charge in [-0.05, 0) is 5.56 Å². The fourth-order valence-electron chi connectivity index (χ4n) is 1.73. The van der Waals surface area contributed by atoms with E-state index in [9.17, 15) is 14.9 Å². The van der Waals surface area contributed by atoms with Crippen LogP contribution < -0.4 is 0 Å². The Hall–Kier alpha value is -1.95. The van der Waals surface area contributed by atoms with Gasteiger partial charge in [-0.15, -0.1) is 0 Å². The maximum atomic E-state index is 11.7. The number of carbonyl (C=O) groups is 1. The molecular weight excluding hydrogens is 224 g/mol. The predicted octanol–water partition coefficient (Wildman–Crippen LogP) is 0.340. The number of benzene rings is 1. The number of rotatable bonds is 3. The van der Waals surface area contributed by atoms with Crippen LogP contribution in [0.25, 0.3) is 0 Å². The van der Waals surface area contributed by atoms with Gasteiger partial charge in [-0.2, -0.15) is 0 Å². The minimum Gasteiger partial charge on any atom is -0.389 e. The molecular formula is C11H12N2O4. The van der Waals surface area contributed by atoms with Crippen molar-refractivity contribution in [1.82, 2.24) is 4.90 Å². The standard InChI is InChI=1S/C11H12N2O4/c14-10-6-12(7-10)11(15)5-8-2-1-3-9(4-8)13(16)17/h1-4,10,14H,5-7H2. The molecule has 0 radical (unpaired) electrons. The number of aliphatic hydroxyl groups is 1. The van der Waals surface area contributed by atoms with Crippen LogP contribution in [0.15, 0.2) is 24.3 Å². The molecule has 1 saturated heterocycles. The number of likely N-dealkylation sites (tertiary alicyclic amines) is 1. The van der Waals surface area contributed by atoms with Crippen LogP contribution in [0.5, 0.6) is 0 Å². The Morgan fingerprint density at radius 2 is 2.24 bits per heavy atom. The summed E-state index contributed by atoms with van der Waals surface area (Å²) in [5.41, 5.74) is 0.601. The highest BCUT2D eigenvalue weighted by Crippen LogP contribution is 2.15. The molecule has 1 aromatic rings. The van der Waals surface area contributed by atoms with Crippen LogP contribution in [0.1, 0.15) is 5.56 Å². The van der Waals surface area contributed by atoms with Crippen molar-refractivity contribution in [1.29, 1.82) is 0 Å². The second kappa shape index (κ2) is 4.50. The zero-order valence-electron chi connectivity index (χ0n) is 9.07. The Kier molecular flexibility index (Phi) is 3.06. The van der Waals surface area contributed by atoms with Gasteiger partial charge in [0.1, 0.15) is 0 Å². The van der Waals surface area contributed by atoms with Gasteiger partial charge in [-0.1, -0.05) is 12.1 Å². The maximum Gasteiger partial charge on any atom is 0.269 e. The molecule has 0 unspecified atom stereocenters. The van der Waals surface area contributed by atoms with Crippen LogP contribution in [-0.2, 0) is 11.2 Å². The first-order chi connectivity index (χ1) is 8.06. The fraction of sp³-hybridized carbons (Fsp3) is 0.364. The second-order valence-corrected chi connectivity index (χ2v) is 4.06. The average Bonchev–Trinajstić information content (AvgIpc) is 2.25. The van der Waals surface area contributed by atoms with Crippen LogP contribution in [0, 0.1) is 10.1 Å².